The number of carbonyl (C=O) groups excluding carboxylic acids is 1. The number of benzene rings is 1. The summed E-state index contributed by atoms with van der Waals surface area (Å²) in [7, 11) is 0. The van der Waals surface area contributed by atoms with Crippen LogP contribution in [0.5, 0.6) is 5.75 Å². The first kappa shape index (κ1) is 22.3. The van der Waals surface area contributed by atoms with Crippen molar-refractivity contribution in [2.45, 2.75) is 52.7 Å². The van der Waals surface area contributed by atoms with Crippen molar-refractivity contribution in [1.82, 2.24) is 24.6 Å². The van der Waals surface area contributed by atoms with Crippen molar-refractivity contribution >= 4 is 28.7 Å². The van der Waals surface area contributed by atoms with Gasteiger partial charge in [-0.2, -0.15) is 5.10 Å². The van der Waals surface area contributed by atoms with Crippen molar-refractivity contribution in [2.24, 2.45) is 5.92 Å². The Hall–Kier alpha value is -2.87. The molecular formula is C23H28ClN5O3. The van der Waals surface area contributed by atoms with Crippen LogP contribution in [0.3, 0.4) is 0 Å². The number of fused-ring (bicyclic) bond motifs is 1. The number of nitrogens with zero attached hydrogens (tertiary/aromatic N) is 5. The normalized spacial score (nSPS) is 15.3. The second-order valence-electron chi connectivity index (χ2n) is 9.34. The predicted molar refractivity (Wildman–Crippen MR) is 123 cm³/mol. The average molecular weight is 458 g/mol. The molecule has 32 heavy (non-hydrogen) atoms. The summed E-state index contributed by atoms with van der Waals surface area (Å²) in [5.74, 6) is 0.456. The Morgan fingerprint density at radius 2 is 2.00 bits per heavy atom. The van der Waals surface area contributed by atoms with Crippen LogP contribution in [-0.2, 0) is 11.3 Å². The van der Waals surface area contributed by atoms with E-state index in [9.17, 15) is 9.90 Å². The highest BCUT2D eigenvalue weighted by molar-refractivity contribution is 6.36. The van der Waals surface area contributed by atoms with Gasteiger partial charge in [0, 0.05) is 31.4 Å². The summed E-state index contributed by atoms with van der Waals surface area (Å²) in [5, 5.41) is 14.8. The quantitative estimate of drug-likeness (QED) is 0.606. The lowest BCUT2D eigenvalue weighted by atomic mass is 9.97. The average Bonchev–Trinajstić information content (AvgIpc) is 3.20. The number of hydrogen-bond donors (Lipinski definition) is 1. The van der Waals surface area contributed by atoms with Gasteiger partial charge in [-0.3, -0.25) is 9.67 Å². The monoisotopic (exact) mass is 457 g/mol. The molecule has 0 radical (unpaired) electrons. The largest absolute Gasteiger partial charge is 0.506 e. The fourth-order valence-corrected chi connectivity index (χ4v) is 4.14. The molecule has 2 aromatic heterocycles. The molecule has 0 unspecified atom stereocenters. The van der Waals surface area contributed by atoms with Crippen molar-refractivity contribution < 1.29 is 14.6 Å². The van der Waals surface area contributed by atoms with Gasteiger partial charge in [-0.1, -0.05) is 11.6 Å². The molecule has 4 rings (SSSR count). The van der Waals surface area contributed by atoms with E-state index in [4.69, 9.17) is 16.3 Å². The van der Waals surface area contributed by atoms with Gasteiger partial charge in [0.05, 0.1) is 23.6 Å². The molecule has 0 aliphatic carbocycles. The van der Waals surface area contributed by atoms with Crippen molar-refractivity contribution in [3.63, 3.8) is 0 Å². The number of aromatic nitrogens is 4. The lowest BCUT2D eigenvalue weighted by Gasteiger charge is -2.33. The first-order valence-electron chi connectivity index (χ1n) is 10.8. The Kier molecular flexibility index (Phi) is 5.99. The lowest BCUT2D eigenvalue weighted by Crippen LogP contribution is -2.42. The number of piperidine rings is 1. The molecule has 9 heteroatoms. The van der Waals surface area contributed by atoms with Crippen LogP contribution in [-0.4, -0.2) is 54.5 Å². The minimum Gasteiger partial charge on any atom is -0.506 e. The number of aromatic hydroxyl groups is 1. The maximum Gasteiger partial charge on any atom is 0.410 e. The highest BCUT2D eigenvalue weighted by atomic mass is 35.5. The highest BCUT2D eigenvalue weighted by Crippen LogP contribution is 2.34. The van der Waals surface area contributed by atoms with Crippen LogP contribution >= 0.6 is 11.6 Å². The molecular weight excluding hydrogens is 430 g/mol. The van der Waals surface area contributed by atoms with Gasteiger partial charge in [-0.05, 0) is 58.1 Å². The number of carbonyl (C=O) groups is 1. The van der Waals surface area contributed by atoms with E-state index in [0.717, 1.165) is 24.9 Å². The molecule has 0 atom stereocenters. The van der Waals surface area contributed by atoms with Crippen molar-refractivity contribution in [3.8, 4) is 17.0 Å². The van der Waals surface area contributed by atoms with Crippen LogP contribution in [0, 0.1) is 12.8 Å². The maximum absolute atomic E-state index is 12.2. The molecule has 8 nitrogen and oxygen atoms in total. The van der Waals surface area contributed by atoms with Gasteiger partial charge < -0.3 is 14.7 Å². The van der Waals surface area contributed by atoms with Gasteiger partial charge in [-0.25, -0.2) is 9.78 Å². The second-order valence-corrected chi connectivity index (χ2v) is 9.72. The summed E-state index contributed by atoms with van der Waals surface area (Å²) in [6.07, 6.45) is 6.95. The van der Waals surface area contributed by atoms with Gasteiger partial charge in [0.1, 0.15) is 21.9 Å². The van der Waals surface area contributed by atoms with E-state index in [2.05, 4.69) is 15.1 Å². The van der Waals surface area contributed by atoms with Crippen LogP contribution in [0.15, 0.2) is 24.7 Å². The molecule has 0 bridgehead atoms. The van der Waals surface area contributed by atoms with E-state index in [1.165, 1.54) is 0 Å². The fourth-order valence-electron chi connectivity index (χ4n) is 3.85. The molecule has 1 aliphatic rings. The third-order valence-electron chi connectivity index (χ3n) is 5.58. The number of aryl methyl sites for hydroxylation is 1. The lowest BCUT2D eigenvalue weighted by molar-refractivity contribution is 0.0177. The second kappa shape index (κ2) is 8.58. The number of phenols is 1. The number of hydrogen-bond acceptors (Lipinski definition) is 6. The van der Waals surface area contributed by atoms with E-state index < -0.39 is 5.60 Å². The molecule has 1 aliphatic heterocycles. The number of ether oxygens (including phenoxy) is 1. The summed E-state index contributed by atoms with van der Waals surface area (Å²) in [4.78, 5) is 23.1. The predicted octanol–water partition coefficient (Wildman–Crippen LogP) is 4.81. The zero-order chi connectivity index (χ0) is 23.0. The summed E-state index contributed by atoms with van der Waals surface area (Å²) >= 11 is 6.28. The minimum absolute atomic E-state index is 0.0269. The molecule has 3 heterocycles. The van der Waals surface area contributed by atoms with Crippen LogP contribution in [0.25, 0.3) is 22.3 Å². The summed E-state index contributed by atoms with van der Waals surface area (Å²) < 4.78 is 7.37. The Balaban J connectivity index is 1.41. The summed E-state index contributed by atoms with van der Waals surface area (Å²) in [5.41, 5.74) is 2.77. The molecule has 1 amide bonds. The molecule has 0 spiro atoms. The van der Waals surface area contributed by atoms with Gasteiger partial charge in [0.2, 0.25) is 0 Å². The Morgan fingerprint density at radius 3 is 2.69 bits per heavy atom. The summed E-state index contributed by atoms with van der Waals surface area (Å²) in [6.45, 7) is 9.55. The van der Waals surface area contributed by atoms with E-state index in [-0.39, 0.29) is 16.9 Å². The molecule has 1 N–H and O–H groups in total. The summed E-state index contributed by atoms with van der Waals surface area (Å²) in [6, 6.07) is 1.76. The van der Waals surface area contributed by atoms with E-state index >= 15 is 0 Å². The Labute approximate surface area is 192 Å². The van der Waals surface area contributed by atoms with Gasteiger partial charge >= 0.3 is 6.09 Å². The van der Waals surface area contributed by atoms with E-state index in [0.29, 0.717) is 41.3 Å². The Morgan fingerprint density at radius 1 is 1.28 bits per heavy atom. The molecule has 3 aromatic rings. The van der Waals surface area contributed by atoms with Crippen molar-refractivity contribution in [1.29, 1.82) is 0 Å². The first-order valence-corrected chi connectivity index (χ1v) is 11.1. The topological polar surface area (TPSA) is 93.4 Å². The van der Waals surface area contributed by atoms with Crippen molar-refractivity contribution in [3.05, 3.63) is 35.2 Å². The van der Waals surface area contributed by atoms with Crippen molar-refractivity contribution in [2.75, 3.05) is 13.1 Å². The third kappa shape index (κ3) is 4.80. The zero-order valence-corrected chi connectivity index (χ0v) is 19.6. The van der Waals surface area contributed by atoms with Crippen LogP contribution in [0.1, 0.15) is 39.2 Å². The Bertz CT molecular complexity index is 1150. The first-order chi connectivity index (χ1) is 15.1. The van der Waals surface area contributed by atoms with Gasteiger partial charge in [0.15, 0.2) is 0 Å². The van der Waals surface area contributed by atoms with Crippen LogP contribution in [0.2, 0.25) is 5.02 Å². The molecule has 170 valence electrons. The standard InChI is InChI=1S/C23H28ClN5O3/c1-14-9-17-20(19(24)21(14)30)27-18(11-25-17)16-10-26-29(13-16)12-15-5-7-28(8-6-15)22(31)32-23(2,3)4/h9-11,13,15,30H,5-8,12H2,1-4H3. The maximum atomic E-state index is 12.2. The highest BCUT2D eigenvalue weighted by Gasteiger charge is 2.27. The number of amides is 1. The zero-order valence-electron chi connectivity index (χ0n) is 18.8. The van der Waals surface area contributed by atoms with Gasteiger partial charge in [-0.15, -0.1) is 0 Å². The molecule has 1 aromatic carbocycles. The number of halogens is 1. The fraction of sp³-hybridized carbons (Fsp3) is 0.478. The molecule has 1 saturated heterocycles. The number of rotatable bonds is 3. The van der Waals surface area contributed by atoms with Crippen LogP contribution < -0.4 is 0 Å². The van der Waals surface area contributed by atoms with E-state index in [1.807, 2.05) is 31.6 Å². The number of likely N-dealkylation sites (tertiary alicyclic amines) is 1. The van der Waals surface area contributed by atoms with Gasteiger partial charge in [0.25, 0.3) is 0 Å². The number of phenolic OH excluding ortho intramolecular Hbond substituents is 1. The van der Waals surface area contributed by atoms with E-state index in [1.54, 1.807) is 30.3 Å². The van der Waals surface area contributed by atoms with Crippen LogP contribution in [0.4, 0.5) is 4.79 Å². The third-order valence-corrected chi connectivity index (χ3v) is 5.94. The smallest absolute Gasteiger partial charge is 0.410 e. The SMILES string of the molecule is Cc1cc2ncc(-c3cnn(CC4CCN(C(=O)OC(C)(C)C)CC4)c3)nc2c(Cl)c1O. The molecule has 1 fully saturated rings. The minimum atomic E-state index is -0.479. The molecule has 0 saturated carbocycles.